The SMILES string of the molecule is CN(C)C.COC(=O)c1cc(CBr)cnc1C(=O)OC. The Morgan fingerprint density at radius 2 is 1.70 bits per heavy atom. The van der Waals surface area contributed by atoms with E-state index >= 15 is 0 Å². The Hall–Kier alpha value is -1.47. The summed E-state index contributed by atoms with van der Waals surface area (Å²) in [5, 5.41) is 0.533. The van der Waals surface area contributed by atoms with Gasteiger partial charge in [-0.15, -0.1) is 0 Å². The molecule has 0 saturated heterocycles. The van der Waals surface area contributed by atoms with Gasteiger partial charge in [0.25, 0.3) is 0 Å². The number of hydrogen-bond acceptors (Lipinski definition) is 6. The molecular weight excluding hydrogens is 328 g/mol. The number of pyridine rings is 1. The topological polar surface area (TPSA) is 68.7 Å². The van der Waals surface area contributed by atoms with Gasteiger partial charge >= 0.3 is 11.9 Å². The highest BCUT2D eigenvalue weighted by Crippen LogP contribution is 2.13. The number of esters is 2. The van der Waals surface area contributed by atoms with Gasteiger partial charge in [0.1, 0.15) is 0 Å². The van der Waals surface area contributed by atoms with Crippen molar-refractivity contribution in [2.45, 2.75) is 5.33 Å². The fourth-order valence-electron chi connectivity index (χ4n) is 1.11. The number of nitrogens with zero attached hydrogens (tertiary/aromatic N) is 2. The van der Waals surface area contributed by atoms with Crippen molar-refractivity contribution in [2.24, 2.45) is 0 Å². The van der Waals surface area contributed by atoms with Gasteiger partial charge < -0.3 is 14.4 Å². The summed E-state index contributed by atoms with van der Waals surface area (Å²) in [4.78, 5) is 28.7. The first-order valence-corrected chi connectivity index (χ1v) is 6.81. The van der Waals surface area contributed by atoms with E-state index in [9.17, 15) is 9.59 Å². The quantitative estimate of drug-likeness (QED) is 0.613. The number of aromatic nitrogens is 1. The van der Waals surface area contributed by atoms with Gasteiger partial charge in [-0.25, -0.2) is 14.6 Å². The molecule has 20 heavy (non-hydrogen) atoms. The second-order valence-electron chi connectivity index (χ2n) is 4.20. The van der Waals surface area contributed by atoms with Crippen molar-refractivity contribution >= 4 is 27.9 Å². The standard InChI is InChI=1S/C10H10BrNO4.C3H9N/c1-15-9(13)7-3-6(4-11)5-12-8(7)10(14)16-2;1-4(2)3/h3,5H,4H2,1-2H3;1-3H3. The highest BCUT2D eigenvalue weighted by molar-refractivity contribution is 9.08. The maximum absolute atomic E-state index is 11.4. The molecule has 1 aromatic rings. The number of carbonyl (C=O) groups excluding carboxylic acids is 2. The monoisotopic (exact) mass is 346 g/mol. The van der Waals surface area contributed by atoms with Crippen LogP contribution >= 0.6 is 15.9 Å². The molecule has 0 aromatic carbocycles. The molecule has 1 aromatic heterocycles. The van der Waals surface area contributed by atoms with E-state index in [0.29, 0.717) is 5.33 Å². The Morgan fingerprint density at radius 1 is 1.20 bits per heavy atom. The minimum atomic E-state index is -0.665. The molecule has 112 valence electrons. The van der Waals surface area contributed by atoms with Crippen LogP contribution in [-0.2, 0) is 14.8 Å². The van der Waals surface area contributed by atoms with E-state index in [2.05, 4.69) is 30.4 Å². The maximum atomic E-state index is 11.4. The van der Waals surface area contributed by atoms with Crippen LogP contribution in [-0.4, -0.2) is 57.2 Å². The fourth-order valence-corrected chi connectivity index (χ4v) is 1.41. The summed E-state index contributed by atoms with van der Waals surface area (Å²) in [5.74, 6) is -1.28. The van der Waals surface area contributed by atoms with Crippen molar-refractivity contribution in [3.8, 4) is 0 Å². The third-order valence-electron chi connectivity index (χ3n) is 1.88. The fraction of sp³-hybridized carbons (Fsp3) is 0.462. The highest BCUT2D eigenvalue weighted by Gasteiger charge is 2.20. The van der Waals surface area contributed by atoms with Crippen molar-refractivity contribution in [1.82, 2.24) is 9.88 Å². The first-order valence-electron chi connectivity index (χ1n) is 5.69. The Balaban J connectivity index is 0.000000796. The summed E-state index contributed by atoms with van der Waals surface area (Å²) < 4.78 is 9.09. The summed E-state index contributed by atoms with van der Waals surface area (Å²) >= 11 is 3.23. The zero-order valence-corrected chi connectivity index (χ0v) is 13.9. The van der Waals surface area contributed by atoms with Crippen LogP contribution in [0.5, 0.6) is 0 Å². The summed E-state index contributed by atoms with van der Waals surface area (Å²) in [6.07, 6.45) is 1.49. The second kappa shape index (κ2) is 9.44. The number of rotatable bonds is 3. The molecule has 1 heterocycles. The van der Waals surface area contributed by atoms with Gasteiger partial charge in [0.05, 0.1) is 19.8 Å². The molecule has 0 radical (unpaired) electrons. The van der Waals surface area contributed by atoms with E-state index < -0.39 is 11.9 Å². The number of halogens is 1. The molecule has 0 bridgehead atoms. The van der Waals surface area contributed by atoms with Crippen molar-refractivity contribution in [1.29, 1.82) is 0 Å². The lowest BCUT2D eigenvalue weighted by Crippen LogP contribution is -2.14. The number of methoxy groups -OCH3 is 2. The average Bonchev–Trinajstić information content (AvgIpc) is 2.44. The second-order valence-corrected chi connectivity index (χ2v) is 4.76. The number of hydrogen-bond donors (Lipinski definition) is 0. The molecule has 1 rings (SSSR count). The Morgan fingerprint density at radius 3 is 2.10 bits per heavy atom. The molecule has 0 spiro atoms. The van der Waals surface area contributed by atoms with E-state index in [4.69, 9.17) is 0 Å². The average molecular weight is 347 g/mol. The maximum Gasteiger partial charge on any atom is 0.357 e. The minimum absolute atomic E-state index is 0.0425. The Labute approximate surface area is 127 Å². The molecule has 0 atom stereocenters. The lowest BCUT2D eigenvalue weighted by Gasteiger charge is -2.06. The molecule has 0 aliphatic carbocycles. The number of ether oxygens (including phenoxy) is 2. The summed E-state index contributed by atoms with van der Waals surface area (Å²) in [5.41, 5.74) is 0.832. The van der Waals surface area contributed by atoms with Crippen LogP contribution in [0.3, 0.4) is 0 Å². The molecule has 0 aliphatic rings. The van der Waals surface area contributed by atoms with Crippen molar-refractivity contribution in [2.75, 3.05) is 35.4 Å². The third kappa shape index (κ3) is 6.12. The molecule has 0 N–H and O–H groups in total. The number of alkyl halides is 1. The number of carbonyl (C=O) groups is 2. The minimum Gasteiger partial charge on any atom is -0.465 e. The summed E-state index contributed by atoms with van der Waals surface area (Å²) in [7, 11) is 8.47. The van der Waals surface area contributed by atoms with Crippen molar-refractivity contribution in [3.63, 3.8) is 0 Å². The molecule has 7 heteroatoms. The molecule has 6 nitrogen and oxygen atoms in total. The zero-order chi connectivity index (χ0) is 15.7. The van der Waals surface area contributed by atoms with Crippen LogP contribution in [0.4, 0.5) is 0 Å². The molecular formula is C13H19BrN2O4. The van der Waals surface area contributed by atoms with Gasteiger partial charge in [0.15, 0.2) is 5.69 Å². The van der Waals surface area contributed by atoms with Gasteiger partial charge in [0, 0.05) is 11.5 Å². The van der Waals surface area contributed by atoms with Crippen LogP contribution in [0.2, 0.25) is 0 Å². The first kappa shape index (κ1) is 18.5. The summed E-state index contributed by atoms with van der Waals surface area (Å²) in [6, 6.07) is 1.54. The van der Waals surface area contributed by atoms with Crippen LogP contribution in [0.15, 0.2) is 12.3 Å². The first-order chi connectivity index (χ1) is 9.37. The predicted octanol–water partition coefficient (Wildman–Crippen LogP) is 1.73. The molecule has 0 amide bonds. The normalized spacial score (nSPS) is 9.55. The van der Waals surface area contributed by atoms with Gasteiger partial charge in [-0.05, 0) is 32.8 Å². The van der Waals surface area contributed by atoms with E-state index in [0.717, 1.165) is 5.56 Å². The van der Waals surface area contributed by atoms with Crippen LogP contribution in [0.1, 0.15) is 26.4 Å². The molecule has 0 unspecified atom stereocenters. The molecule has 0 saturated carbocycles. The van der Waals surface area contributed by atoms with Gasteiger partial charge in [0.2, 0.25) is 0 Å². The lowest BCUT2D eigenvalue weighted by atomic mass is 10.1. The van der Waals surface area contributed by atoms with E-state index in [1.54, 1.807) is 6.07 Å². The Bertz CT molecular complexity index is 461. The van der Waals surface area contributed by atoms with Crippen LogP contribution in [0.25, 0.3) is 0 Å². The van der Waals surface area contributed by atoms with Crippen LogP contribution in [0, 0.1) is 0 Å². The zero-order valence-electron chi connectivity index (χ0n) is 12.3. The Kier molecular flexibility index (Phi) is 8.74. The predicted molar refractivity (Wildman–Crippen MR) is 79.2 cm³/mol. The van der Waals surface area contributed by atoms with Crippen LogP contribution < -0.4 is 0 Å². The van der Waals surface area contributed by atoms with E-state index in [1.165, 1.54) is 20.4 Å². The molecule has 0 aliphatic heterocycles. The lowest BCUT2D eigenvalue weighted by molar-refractivity contribution is 0.0549. The molecule has 0 fully saturated rings. The smallest absolute Gasteiger partial charge is 0.357 e. The highest BCUT2D eigenvalue weighted by atomic mass is 79.9. The van der Waals surface area contributed by atoms with Crippen molar-refractivity contribution < 1.29 is 19.1 Å². The van der Waals surface area contributed by atoms with Crippen molar-refractivity contribution in [3.05, 3.63) is 29.1 Å². The van der Waals surface area contributed by atoms with Gasteiger partial charge in [-0.2, -0.15) is 0 Å². The van der Waals surface area contributed by atoms with Gasteiger partial charge in [-0.1, -0.05) is 15.9 Å². The third-order valence-corrected chi connectivity index (χ3v) is 2.53. The largest absolute Gasteiger partial charge is 0.465 e. The van der Waals surface area contributed by atoms with E-state index in [1.807, 2.05) is 26.0 Å². The van der Waals surface area contributed by atoms with E-state index in [-0.39, 0.29) is 11.3 Å². The summed E-state index contributed by atoms with van der Waals surface area (Å²) in [6.45, 7) is 0. The van der Waals surface area contributed by atoms with Gasteiger partial charge in [-0.3, -0.25) is 0 Å².